The van der Waals surface area contributed by atoms with Crippen molar-refractivity contribution >= 4 is 12.2 Å². The molecular weight excluding hydrogens is 476 g/mol. The second kappa shape index (κ2) is 16.8. The summed E-state index contributed by atoms with van der Waals surface area (Å²) in [6.45, 7) is 11.1. The van der Waals surface area contributed by atoms with E-state index in [1.165, 1.54) is 0 Å². The van der Waals surface area contributed by atoms with Gasteiger partial charge in [-0.05, 0) is 73.6 Å². The number of ether oxygens (including phenoxy) is 5. The summed E-state index contributed by atoms with van der Waals surface area (Å²) in [4.78, 5) is 0. The summed E-state index contributed by atoms with van der Waals surface area (Å²) in [5.74, 6) is 3.07. The topological polar surface area (TPSA) is 46.2 Å². The maximum atomic E-state index is 5.81. The number of methoxy groups -OCH3 is 3. The van der Waals surface area contributed by atoms with Crippen LogP contribution in [0.1, 0.15) is 51.2 Å². The Labute approximate surface area is 228 Å². The second-order valence-electron chi connectivity index (χ2n) is 8.59. The highest BCUT2D eigenvalue weighted by atomic mass is 16.5. The molecule has 1 aromatic carbocycles. The minimum atomic E-state index is 0.433. The fourth-order valence-electron chi connectivity index (χ4n) is 3.60. The molecule has 0 saturated carbocycles. The van der Waals surface area contributed by atoms with Gasteiger partial charge < -0.3 is 23.7 Å². The first kappa shape index (κ1) is 30.4. The fraction of sp³-hybridized carbons (Fsp3) is 0.333. The molecule has 0 spiro atoms. The quantitative estimate of drug-likeness (QED) is 0.183. The summed E-state index contributed by atoms with van der Waals surface area (Å²) in [6, 6.07) is 8.39. The van der Waals surface area contributed by atoms with Crippen LogP contribution in [0.5, 0.6) is 0 Å². The molecule has 0 bridgehead atoms. The van der Waals surface area contributed by atoms with Gasteiger partial charge in [-0.3, -0.25) is 0 Å². The van der Waals surface area contributed by atoms with Crippen LogP contribution in [0.2, 0.25) is 0 Å². The van der Waals surface area contributed by atoms with E-state index in [-0.39, 0.29) is 0 Å². The van der Waals surface area contributed by atoms with Gasteiger partial charge in [0.05, 0.1) is 34.5 Å². The summed E-state index contributed by atoms with van der Waals surface area (Å²) >= 11 is 0. The van der Waals surface area contributed by atoms with Crippen molar-refractivity contribution < 1.29 is 23.7 Å². The smallest absolute Gasteiger partial charge is 0.202 e. The zero-order chi connectivity index (χ0) is 27.8. The van der Waals surface area contributed by atoms with E-state index in [0.29, 0.717) is 30.5 Å². The molecule has 1 aliphatic rings. The van der Waals surface area contributed by atoms with Gasteiger partial charge >= 0.3 is 0 Å². The zero-order valence-electron chi connectivity index (χ0n) is 23.7. The predicted molar refractivity (Wildman–Crippen MR) is 157 cm³/mol. The highest BCUT2D eigenvalue weighted by Crippen LogP contribution is 2.22. The van der Waals surface area contributed by atoms with Gasteiger partial charge in [-0.25, -0.2) is 0 Å². The van der Waals surface area contributed by atoms with E-state index < -0.39 is 0 Å². The van der Waals surface area contributed by atoms with Crippen LogP contribution in [0.25, 0.3) is 12.2 Å². The number of benzene rings is 1. The number of rotatable bonds is 14. The average Bonchev–Trinajstić information content (AvgIpc) is 2.93. The van der Waals surface area contributed by atoms with Crippen molar-refractivity contribution in [1.29, 1.82) is 0 Å². The Morgan fingerprint density at radius 3 is 2.18 bits per heavy atom. The van der Waals surface area contributed by atoms with Crippen LogP contribution < -0.4 is 0 Å². The Kier molecular flexibility index (Phi) is 13.4. The van der Waals surface area contributed by atoms with Crippen LogP contribution in [0.15, 0.2) is 107 Å². The molecule has 0 fully saturated rings. The van der Waals surface area contributed by atoms with E-state index in [2.05, 4.69) is 61.2 Å². The third-order valence-electron chi connectivity index (χ3n) is 5.63. The maximum absolute atomic E-state index is 5.81. The zero-order valence-corrected chi connectivity index (χ0v) is 23.7. The van der Waals surface area contributed by atoms with Crippen molar-refractivity contribution in [2.45, 2.75) is 40.0 Å². The molecule has 1 aromatic rings. The molecule has 204 valence electrons. The van der Waals surface area contributed by atoms with Gasteiger partial charge in [0.1, 0.15) is 0 Å². The Hall–Kier alpha value is -3.86. The third kappa shape index (κ3) is 9.89. The van der Waals surface area contributed by atoms with Crippen LogP contribution in [-0.4, -0.2) is 34.5 Å². The molecule has 5 heteroatoms. The van der Waals surface area contributed by atoms with Crippen molar-refractivity contribution in [1.82, 2.24) is 0 Å². The van der Waals surface area contributed by atoms with Crippen molar-refractivity contribution in [3.05, 3.63) is 118 Å². The molecule has 0 radical (unpaired) electrons. The van der Waals surface area contributed by atoms with Crippen molar-refractivity contribution in [3.8, 4) is 0 Å². The average molecular weight is 519 g/mol. The van der Waals surface area contributed by atoms with Gasteiger partial charge in [-0.15, -0.1) is 0 Å². The molecule has 0 amide bonds. The molecule has 0 N–H and O–H groups in total. The molecule has 0 aromatic heterocycles. The monoisotopic (exact) mass is 518 g/mol. The molecule has 0 atom stereocenters. The van der Waals surface area contributed by atoms with E-state index in [1.54, 1.807) is 21.3 Å². The van der Waals surface area contributed by atoms with Crippen molar-refractivity contribution in [2.75, 3.05) is 34.5 Å². The second-order valence-corrected chi connectivity index (χ2v) is 8.59. The first-order chi connectivity index (χ1) is 18.4. The molecule has 5 nitrogen and oxygen atoms in total. The van der Waals surface area contributed by atoms with Crippen LogP contribution in [0.3, 0.4) is 0 Å². The number of hydrogen-bond donors (Lipinski definition) is 0. The molecular formula is C33H42O5. The van der Waals surface area contributed by atoms with Crippen LogP contribution in [0.4, 0.5) is 0 Å². The lowest BCUT2D eigenvalue weighted by Crippen LogP contribution is -2.03. The lowest BCUT2D eigenvalue weighted by atomic mass is 10.1. The standard InChI is InChI=1S/C33H42O5/c1-8-22-38-33(26(4)34-5)32(36-7)23-25(3)14-15-27-16-18-28(19-17-27)20-21-29-12-10-11-13-30(37-9-2)31(24-29)35-6/h12-21,23-24H,4,8-11,22H2,1-3,5-7H3/b15-14+,21-20+,25-23+,29-12?,30-13+,31-24+,33-32-. The summed E-state index contributed by atoms with van der Waals surface area (Å²) in [5.41, 5.74) is 4.31. The molecule has 0 heterocycles. The first-order valence-electron chi connectivity index (χ1n) is 13.0. The summed E-state index contributed by atoms with van der Waals surface area (Å²) in [6.07, 6.45) is 19.3. The maximum Gasteiger partial charge on any atom is 0.202 e. The normalized spacial score (nSPS) is 17.8. The minimum Gasteiger partial charge on any atom is -0.493 e. The highest BCUT2D eigenvalue weighted by molar-refractivity contribution is 5.60. The SMILES string of the molecule is C=C(OC)\C(OCCC)=C(/C=C(C)/C=C/c1ccc(/C=C/C2=CCC/C=C(OCC)\C(OC)=C/2)cc1)OC. The van der Waals surface area contributed by atoms with E-state index in [1.807, 2.05) is 39.0 Å². The first-order valence-corrected chi connectivity index (χ1v) is 13.0. The Balaban J connectivity index is 2.15. The molecule has 2 rings (SSSR count). The van der Waals surface area contributed by atoms with Gasteiger partial charge in [0.2, 0.25) is 5.76 Å². The molecule has 1 aliphatic carbocycles. The molecule has 0 unspecified atom stereocenters. The van der Waals surface area contributed by atoms with Gasteiger partial charge in [0.15, 0.2) is 23.0 Å². The molecule has 38 heavy (non-hydrogen) atoms. The summed E-state index contributed by atoms with van der Waals surface area (Å²) in [5, 5.41) is 0. The van der Waals surface area contributed by atoms with Gasteiger partial charge in [-0.2, -0.15) is 0 Å². The van der Waals surface area contributed by atoms with Gasteiger partial charge in [0.25, 0.3) is 0 Å². The highest BCUT2D eigenvalue weighted by Gasteiger charge is 2.12. The van der Waals surface area contributed by atoms with Crippen LogP contribution >= 0.6 is 0 Å². The van der Waals surface area contributed by atoms with E-state index in [0.717, 1.165) is 53.1 Å². The van der Waals surface area contributed by atoms with E-state index in [4.69, 9.17) is 23.7 Å². The molecule has 0 aliphatic heterocycles. The molecule has 0 saturated heterocycles. The van der Waals surface area contributed by atoms with Crippen LogP contribution in [-0.2, 0) is 23.7 Å². The largest absolute Gasteiger partial charge is 0.493 e. The fourth-order valence-corrected chi connectivity index (χ4v) is 3.60. The van der Waals surface area contributed by atoms with Crippen LogP contribution in [0, 0.1) is 0 Å². The van der Waals surface area contributed by atoms with Crippen molar-refractivity contribution in [2.24, 2.45) is 0 Å². The lowest BCUT2D eigenvalue weighted by Gasteiger charge is -2.14. The summed E-state index contributed by atoms with van der Waals surface area (Å²) < 4.78 is 28.0. The van der Waals surface area contributed by atoms with E-state index in [9.17, 15) is 0 Å². The Morgan fingerprint density at radius 1 is 0.895 bits per heavy atom. The Morgan fingerprint density at radius 2 is 1.58 bits per heavy atom. The number of hydrogen-bond acceptors (Lipinski definition) is 5. The van der Waals surface area contributed by atoms with Crippen molar-refractivity contribution in [3.63, 3.8) is 0 Å². The number of allylic oxidation sites excluding steroid dienone is 8. The third-order valence-corrected chi connectivity index (χ3v) is 5.63. The van der Waals surface area contributed by atoms with E-state index >= 15 is 0 Å². The Bertz CT molecular complexity index is 1120. The van der Waals surface area contributed by atoms with Gasteiger partial charge in [0, 0.05) is 0 Å². The predicted octanol–water partition coefficient (Wildman–Crippen LogP) is 8.27. The van der Waals surface area contributed by atoms with Gasteiger partial charge in [-0.1, -0.05) is 68.1 Å². The lowest BCUT2D eigenvalue weighted by molar-refractivity contribution is 0.155. The summed E-state index contributed by atoms with van der Waals surface area (Å²) in [7, 11) is 4.85. The minimum absolute atomic E-state index is 0.433.